The van der Waals surface area contributed by atoms with Gasteiger partial charge in [0.1, 0.15) is 5.75 Å². The van der Waals surface area contributed by atoms with Gasteiger partial charge in [-0.3, -0.25) is 0 Å². The van der Waals surface area contributed by atoms with Crippen molar-refractivity contribution in [3.8, 4) is 22.9 Å². The molecule has 0 unspecified atom stereocenters. The first kappa shape index (κ1) is 25.5. The molecule has 0 aliphatic heterocycles. The van der Waals surface area contributed by atoms with Crippen LogP contribution in [0.1, 0.15) is 103 Å². The summed E-state index contributed by atoms with van der Waals surface area (Å²) in [5.74, 6) is 3.36. The maximum absolute atomic E-state index is 5.94. The zero-order valence-corrected chi connectivity index (χ0v) is 20.8. The minimum atomic E-state index is 0.720. The predicted octanol–water partition coefficient (Wildman–Crippen LogP) is 8.40. The van der Waals surface area contributed by atoms with Crippen molar-refractivity contribution in [2.75, 3.05) is 13.2 Å². The highest BCUT2D eigenvalue weighted by molar-refractivity contribution is 5.56. The lowest BCUT2D eigenvalue weighted by Crippen LogP contribution is -2.06. The molecule has 4 heteroatoms. The first-order valence-electron chi connectivity index (χ1n) is 13.5. The Labute approximate surface area is 201 Å². The van der Waals surface area contributed by atoms with Crippen molar-refractivity contribution in [3.63, 3.8) is 0 Å². The predicted molar refractivity (Wildman–Crippen MR) is 137 cm³/mol. The van der Waals surface area contributed by atoms with E-state index < -0.39 is 0 Å². The van der Waals surface area contributed by atoms with E-state index in [4.69, 9.17) is 9.47 Å². The summed E-state index contributed by atoms with van der Waals surface area (Å²) < 4.78 is 11.7. The second kappa shape index (κ2) is 15.7. The van der Waals surface area contributed by atoms with Crippen LogP contribution >= 0.6 is 0 Å². The summed E-state index contributed by atoms with van der Waals surface area (Å²) in [6, 6.07) is 8.10. The second-order valence-electron chi connectivity index (χ2n) is 9.58. The van der Waals surface area contributed by atoms with Gasteiger partial charge in [-0.05, 0) is 49.4 Å². The molecule has 2 aromatic rings. The molecule has 1 fully saturated rings. The molecule has 0 atom stereocenters. The summed E-state index contributed by atoms with van der Waals surface area (Å²) in [5, 5.41) is 0. The monoisotopic (exact) mass is 452 g/mol. The van der Waals surface area contributed by atoms with E-state index >= 15 is 0 Å². The van der Waals surface area contributed by atoms with Gasteiger partial charge in [-0.15, -0.1) is 0 Å². The molecule has 1 aliphatic carbocycles. The Morgan fingerprint density at radius 1 is 0.697 bits per heavy atom. The third-order valence-corrected chi connectivity index (χ3v) is 6.76. The van der Waals surface area contributed by atoms with Gasteiger partial charge >= 0.3 is 0 Å². The molecule has 1 aliphatic rings. The largest absolute Gasteiger partial charge is 0.494 e. The van der Waals surface area contributed by atoms with E-state index in [0.717, 1.165) is 54.9 Å². The average Bonchev–Trinajstić information content (AvgIpc) is 2.87. The van der Waals surface area contributed by atoms with Gasteiger partial charge in [-0.2, -0.15) is 0 Å². The van der Waals surface area contributed by atoms with Gasteiger partial charge in [0.05, 0.1) is 25.6 Å². The van der Waals surface area contributed by atoms with E-state index in [1.807, 2.05) is 24.3 Å². The minimum absolute atomic E-state index is 0.720. The zero-order chi connectivity index (χ0) is 23.0. The van der Waals surface area contributed by atoms with Crippen molar-refractivity contribution in [2.24, 2.45) is 5.92 Å². The summed E-state index contributed by atoms with van der Waals surface area (Å²) in [5.41, 5.74) is 0.998. The van der Waals surface area contributed by atoms with Crippen LogP contribution in [0.15, 0.2) is 36.7 Å². The number of rotatable bonds is 16. The molecule has 0 amide bonds. The molecule has 0 spiro atoms. The van der Waals surface area contributed by atoms with Gasteiger partial charge in [-0.1, -0.05) is 84.0 Å². The van der Waals surface area contributed by atoms with Gasteiger partial charge in [0, 0.05) is 5.56 Å². The smallest absolute Gasteiger partial charge is 0.159 e. The Morgan fingerprint density at radius 2 is 1.30 bits per heavy atom. The third-order valence-electron chi connectivity index (χ3n) is 6.76. The summed E-state index contributed by atoms with van der Waals surface area (Å²) in [7, 11) is 0. The normalized spacial score (nSPS) is 14.3. The number of benzene rings is 1. The van der Waals surface area contributed by atoms with Gasteiger partial charge in [-0.25, -0.2) is 9.97 Å². The Morgan fingerprint density at radius 3 is 2.00 bits per heavy atom. The summed E-state index contributed by atoms with van der Waals surface area (Å²) in [6.07, 6.45) is 23.5. The molecule has 1 saturated carbocycles. The van der Waals surface area contributed by atoms with Gasteiger partial charge < -0.3 is 9.47 Å². The molecule has 0 bridgehead atoms. The van der Waals surface area contributed by atoms with E-state index in [1.54, 1.807) is 12.4 Å². The van der Waals surface area contributed by atoms with Gasteiger partial charge in [0.15, 0.2) is 11.6 Å². The highest BCUT2D eigenvalue weighted by Gasteiger charge is 2.12. The summed E-state index contributed by atoms with van der Waals surface area (Å²) in [6.45, 7) is 3.79. The molecule has 0 N–H and O–H groups in total. The Hall–Kier alpha value is -2.10. The molecule has 33 heavy (non-hydrogen) atoms. The topological polar surface area (TPSA) is 44.2 Å². The maximum Gasteiger partial charge on any atom is 0.159 e. The van der Waals surface area contributed by atoms with E-state index in [0.29, 0.717) is 0 Å². The SMILES string of the molecule is CCCCCCCCCOc1cnc(-c2ccc(OCCCCC3CCCCC3)cc2)nc1. The van der Waals surface area contributed by atoms with Gasteiger partial charge in [0.2, 0.25) is 0 Å². The van der Waals surface area contributed by atoms with Crippen molar-refractivity contribution in [1.29, 1.82) is 0 Å². The second-order valence-corrected chi connectivity index (χ2v) is 9.58. The molecule has 4 nitrogen and oxygen atoms in total. The van der Waals surface area contributed by atoms with Crippen LogP contribution in [0.5, 0.6) is 11.5 Å². The van der Waals surface area contributed by atoms with Crippen molar-refractivity contribution in [1.82, 2.24) is 9.97 Å². The van der Waals surface area contributed by atoms with Crippen LogP contribution < -0.4 is 9.47 Å². The lowest BCUT2D eigenvalue weighted by atomic mass is 9.86. The van der Waals surface area contributed by atoms with Crippen molar-refractivity contribution >= 4 is 0 Å². The number of hydrogen-bond acceptors (Lipinski definition) is 4. The minimum Gasteiger partial charge on any atom is -0.494 e. The van der Waals surface area contributed by atoms with Crippen LogP contribution in [0.25, 0.3) is 11.4 Å². The van der Waals surface area contributed by atoms with E-state index in [-0.39, 0.29) is 0 Å². The van der Waals surface area contributed by atoms with Crippen molar-refractivity contribution in [3.05, 3.63) is 36.7 Å². The zero-order valence-electron chi connectivity index (χ0n) is 20.8. The van der Waals surface area contributed by atoms with E-state index in [1.165, 1.54) is 83.5 Å². The fourth-order valence-corrected chi connectivity index (χ4v) is 4.69. The Kier molecular flexibility index (Phi) is 12.1. The van der Waals surface area contributed by atoms with E-state index in [9.17, 15) is 0 Å². The molecule has 1 aromatic heterocycles. The van der Waals surface area contributed by atoms with Crippen LogP contribution in [0.2, 0.25) is 0 Å². The molecule has 0 saturated heterocycles. The molecule has 1 heterocycles. The summed E-state index contributed by atoms with van der Waals surface area (Å²) >= 11 is 0. The number of aromatic nitrogens is 2. The van der Waals surface area contributed by atoms with Crippen LogP contribution in [-0.4, -0.2) is 23.2 Å². The van der Waals surface area contributed by atoms with Crippen LogP contribution in [0, 0.1) is 5.92 Å². The number of ether oxygens (including phenoxy) is 2. The first-order valence-corrected chi connectivity index (χ1v) is 13.5. The lowest BCUT2D eigenvalue weighted by molar-refractivity contribution is 0.283. The fraction of sp³-hybridized carbons (Fsp3) is 0.655. The Balaban J connectivity index is 1.29. The molecule has 3 rings (SSSR count). The molecule has 0 radical (unpaired) electrons. The number of unbranched alkanes of at least 4 members (excludes halogenated alkanes) is 7. The average molecular weight is 453 g/mol. The molecule has 182 valence electrons. The maximum atomic E-state index is 5.94. The third kappa shape index (κ3) is 10.1. The molecular weight excluding hydrogens is 408 g/mol. The highest BCUT2D eigenvalue weighted by Crippen LogP contribution is 2.28. The van der Waals surface area contributed by atoms with Crippen molar-refractivity contribution < 1.29 is 9.47 Å². The molecule has 1 aromatic carbocycles. The highest BCUT2D eigenvalue weighted by atomic mass is 16.5. The standard InChI is InChI=1S/C29H44N2O2/c1-2-3-4-5-6-7-12-21-33-28-23-30-29(31-24-28)26-17-19-27(20-18-26)32-22-13-11-16-25-14-9-8-10-15-25/h17-20,23-25H,2-16,21-22H2,1H3. The number of nitrogens with zero attached hydrogens (tertiary/aromatic N) is 2. The lowest BCUT2D eigenvalue weighted by Gasteiger charge is -2.21. The first-order chi connectivity index (χ1) is 16.3. The quantitative estimate of drug-likeness (QED) is 0.240. The molecular formula is C29H44N2O2. The van der Waals surface area contributed by atoms with Crippen LogP contribution in [0.4, 0.5) is 0 Å². The summed E-state index contributed by atoms with van der Waals surface area (Å²) in [4.78, 5) is 8.96. The van der Waals surface area contributed by atoms with E-state index in [2.05, 4.69) is 16.9 Å². The van der Waals surface area contributed by atoms with Crippen LogP contribution in [-0.2, 0) is 0 Å². The van der Waals surface area contributed by atoms with Gasteiger partial charge in [0.25, 0.3) is 0 Å². The Bertz CT molecular complexity index is 739. The fourth-order valence-electron chi connectivity index (χ4n) is 4.69. The number of hydrogen-bond donors (Lipinski definition) is 0. The van der Waals surface area contributed by atoms with Crippen LogP contribution in [0.3, 0.4) is 0 Å². The van der Waals surface area contributed by atoms with Crippen molar-refractivity contribution in [2.45, 2.75) is 103 Å².